The van der Waals surface area contributed by atoms with Crippen LogP contribution in [0.15, 0.2) is 6.20 Å². The molecule has 1 aromatic rings. The third-order valence-corrected chi connectivity index (χ3v) is 2.80. The number of amides is 1. The number of rotatable bonds is 3. The molecule has 0 aliphatic heterocycles. The summed E-state index contributed by atoms with van der Waals surface area (Å²) in [4.78, 5) is 11.8. The molecule has 1 rings (SSSR count). The summed E-state index contributed by atoms with van der Waals surface area (Å²) in [6.45, 7) is 5.15. The van der Waals surface area contributed by atoms with Crippen LogP contribution in [0.25, 0.3) is 0 Å². The molecule has 0 fully saturated rings. The predicted octanol–water partition coefficient (Wildman–Crippen LogP) is 1.58. The van der Waals surface area contributed by atoms with E-state index in [1.807, 2.05) is 0 Å². The Balaban J connectivity index is 2.84. The predicted molar refractivity (Wildman–Crippen MR) is 66.0 cm³/mol. The third-order valence-electron chi connectivity index (χ3n) is 2.80. The number of carbonyl (C=O) groups is 1. The largest absolute Gasteiger partial charge is 0.435 e. The van der Waals surface area contributed by atoms with Crippen LogP contribution < -0.4 is 5.32 Å². The highest BCUT2D eigenvalue weighted by atomic mass is 19.4. The lowest BCUT2D eigenvalue weighted by molar-refractivity contribution is -0.141. The van der Waals surface area contributed by atoms with Gasteiger partial charge in [0, 0.05) is 19.8 Å². The number of aliphatic hydroxyl groups excluding tert-OH is 1. The standard InChI is InChI=1S/C12H18F3N3O2/c1-11(2,3)8(19)5-16-10(20)7-6-18(4)17-9(7)12(13,14)15/h6,8,19H,5H2,1-4H3,(H,16,20). The lowest BCUT2D eigenvalue weighted by Crippen LogP contribution is -2.39. The summed E-state index contributed by atoms with van der Waals surface area (Å²) < 4.78 is 39.0. The van der Waals surface area contributed by atoms with E-state index in [4.69, 9.17) is 0 Å². The SMILES string of the molecule is Cn1cc(C(=O)NCC(O)C(C)(C)C)c(C(F)(F)F)n1. The van der Waals surface area contributed by atoms with Gasteiger partial charge in [-0.1, -0.05) is 20.8 Å². The van der Waals surface area contributed by atoms with Gasteiger partial charge in [0.15, 0.2) is 5.69 Å². The minimum absolute atomic E-state index is 0.130. The normalized spacial score (nSPS) is 14.2. The molecule has 0 bridgehead atoms. The van der Waals surface area contributed by atoms with E-state index in [1.165, 1.54) is 7.05 Å². The fraction of sp³-hybridized carbons (Fsp3) is 0.667. The summed E-state index contributed by atoms with van der Waals surface area (Å²) in [7, 11) is 1.30. The van der Waals surface area contributed by atoms with Crippen LogP contribution in [0.5, 0.6) is 0 Å². The van der Waals surface area contributed by atoms with E-state index >= 15 is 0 Å². The van der Waals surface area contributed by atoms with Gasteiger partial charge in [-0.05, 0) is 5.41 Å². The number of alkyl halides is 3. The number of halogens is 3. The topological polar surface area (TPSA) is 67.2 Å². The summed E-state index contributed by atoms with van der Waals surface area (Å²) in [5.41, 5.74) is -2.27. The Morgan fingerprint density at radius 3 is 2.45 bits per heavy atom. The molecule has 0 saturated carbocycles. The molecule has 0 aliphatic carbocycles. The number of hydrogen-bond donors (Lipinski definition) is 2. The number of hydrogen-bond acceptors (Lipinski definition) is 3. The third kappa shape index (κ3) is 3.96. The summed E-state index contributed by atoms with van der Waals surface area (Å²) in [6, 6.07) is 0. The van der Waals surface area contributed by atoms with Crippen LogP contribution in [-0.4, -0.2) is 33.4 Å². The van der Waals surface area contributed by atoms with Gasteiger partial charge >= 0.3 is 6.18 Å². The fourth-order valence-corrected chi connectivity index (χ4v) is 1.45. The van der Waals surface area contributed by atoms with Crippen molar-refractivity contribution >= 4 is 5.91 Å². The number of aryl methyl sites for hydroxylation is 1. The maximum absolute atomic E-state index is 12.7. The quantitative estimate of drug-likeness (QED) is 0.889. The first-order valence-electron chi connectivity index (χ1n) is 6.00. The van der Waals surface area contributed by atoms with Crippen LogP contribution >= 0.6 is 0 Å². The van der Waals surface area contributed by atoms with E-state index in [2.05, 4.69) is 10.4 Å². The Morgan fingerprint density at radius 1 is 1.45 bits per heavy atom. The number of nitrogens with zero attached hydrogens (tertiary/aromatic N) is 2. The Kier molecular flexibility index (Phi) is 4.48. The first-order chi connectivity index (χ1) is 8.93. The summed E-state index contributed by atoms with van der Waals surface area (Å²) in [5, 5.41) is 15.3. The van der Waals surface area contributed by atoms with Crippen molar-refractivity contribution in [3.63, 3.8) is 0 Å². The molecule has 0 saturated heterocycles. The van der Waals surface area contributed by atoms with Crippen molar-refractivity contribution in [1.82, 2.24) is 15.1 Å². The van der Waals surface area contributed by atoms with Crippen LogP contribution in [0, 0.1) is 5.41 Å². The molecule has 1 unspecified atom stereocenters. The molecule has 1 heterocycles. The Hall–Kier alpha value is -1.57. The maximum Gasteiger partial charge on any atom is 0.435 e. The molecule has 8 heteroatoms. The van der Waals surface area contributed by atoms with Gasteiger partial charge in [-0.15, -0.1) is 0 Å². The molecule has 0 aliphatic rings. The van der Waals surface area contributed by atoms with Gasteiger partial charge in [-0.2, -0.15) is 18.3 Å². The molecule has 20 heavy (non-hydrogen) atoms. The first-order valence-corrected chi connectivity index (χ1v) is 6.00. The molecule has 0 spiro atoms. The lowest BCUT2D eigenvalue weighted by Gasteiger charge is -2.25. The van der Waals surface area contributed by atoms with Crippen LogP contribution in [0.4, 0.5) is 13.2 Å². The number of carbonyl (C=O) groups excluding carboxylic acids is 1. The average Bonchev–Trinajstić information content (AvgIpc) is 2.66. The van der Waals surface area contributed by atoms with Crippen molar-refractivity contribution in [2.75, 3.05) is 6.54 Å². The van der Waals surface area contributed by atoms with E-state index in [9.17, 15) is 23.1 Å². The lowest BCUT2D eigenvalue weighted by atomic mass is 9.89. The summed E-state index contributed by atoms with van der Waals surface area (Å²) in [6.07, 6.45) is -4.56. The minimum atomic E-state index is -4.70. The molecule has 5 nitrogen and oxygen atoms in total. The maximum atomic E-state index is 12.7. The Bertz CT molecular complexity index is 489. The zero-order valence-corrected chi connectivity index (χ0v) is 11.7. The van der Waals surface area contributed by atoms with Crippen molar-refractivity contribution < 1.29 is 23.1 Å². The fourth-order valence-electron chi connectivity index (χ4n) is 1.45. The molecule has 2 N–H and O–H groups in total. The second kappa shape index (κ2) is 5.43. The minimum Gasteiger partial charge on any atom is -0.391 e. The van der Waals surface area contributed by atoms with E-state index in [1.54, 1.807) is 20.8 Å². The zero-order chi connectivity index (χ0) is 15.7. The molecule has 1 aromatic heterocycles. The van der Waals surface area contributed by atoms with Gasteiger partial charge in [0.2, 0.25) is 0 Å². The molecule has 0 aromatic carbocycles. The van der Waals surface area contributed by atoms with E-state index in [-0.39, 0.29) is 6.54 Å². The smallest absolute Gasteiger partial charge is 0.391 e. The van der Waals surface area contributed by atoms with Crippen LogP contribution in [0.1, 0.15) is 36.8 Å². The van der Waals surface area contributed by atoms with Crippen molar-refractivity contribution in [2.24, 2.45) is 12.5 Å². The van der Waals surface area contributed by atoms with Crippen LogP contribution in [-0.2, 0) is 13.2 Å². The van der Waals surface area contributed by atoms with Gasteiger partial charge in [-0.3, -0.25) is 9.48 Å². The van der Waals surface area contributed by atoms with Crippen molar-refractivity contribution in [2.45, 2.75) is 33.1 Å². The van der Waals surface area contributed by atoms with Gasteiger partial charge in [0.1, 0.15) is 0 Å². The van der Waals surface area contributed by atoms with E-state index in [0.717, 1.165) is 10.9 Å². The average molecular weight is 293 g/mol. The Morgan fingerprint density at radius 2 is 2.00 bits per heavy atom. The highest BCUT2D eigenvalue weighted by molar-refractivity contribution is 5.95. The van der Waals surface area contributed by atoms with E-state index in [0.29, 0.717) is 0 Å². The van der Waals surface area contributed by atoms with E-state index < -0.39 is 34.9 Å². The number of aliphatic hydroxyl groups is 1. The van der Waals surface area contributed by atoms with Crippen LogP contribution in [0.3, 0.4) is 0 Å². The second-order valence-corrected chi connectivity index (χ2v) is 5.65. The molecule has 1 amide bonds. The molecular formula is C12H18F3N3O2. The molecule has 0 radical (unpaired) electrons. The number of aromatic nitrogens is 2. The molecular weight excluding hydrogens is 275 g/mol. The first kappa shape index (κ1) is 16.5. The van der Waals surface area contributed by atoms with Crippen molar-refractivity contribution in [3.8, 4) is 0 Å². The van der Waals surface area contributed by atoms with Crippen molar-refractivity contribution in [1.29, 1.82) is 0 Å². The zero-order valence-electron chi connectivity index (χ0n) is 11.7. The van der Waals surface area contributed by atoms with Gasteiger partial charge in [0.05, 0.1) is 11.7 Å². The number of nitrogens with one attached hydrogen (secondary N) is 1. The highest BCUT2D eigenvalue weighted by Gasteiger charge is 2.39. The molecule has 114 valence electrons. The Labute approximate surface area is 114 Å². The van der Waals surface area contributed by atoms with Crippen molar-refractivity contribution in [3.05, 3.63) is 17.5 Å². The van der Waals surface area contributed by atoms with Gasteiger partial charge < -0.3 is 10.4 Å². The summed E-state index contributed by atoms with van der Waals surface area (Å²) >= 11 is 0. The van der Waals surface area contributed by atoms with Gasteiger partial charge in [0.25, 0.3) is 5.91 Å². The van der Waals surface area contributed by atoms with Crippen LogP contribution in [0.2, 0.25) is 0 Å². The second-order valence-electron chi connectivity index (χ2n) is 5.65. The van der Waals surface area contributed by atoms with Gasteiger partial charge in [-0.25, -0.2) is 0 Å². The summed E-state index contributed by atoms with van der Waals surface area (Å²) in [5.74, 6) is -0.909. The highest BCUT2D eigenvalue weighted by Crippen LogP contribution is 2.30. The molecule has 1 atom stereocenters. The monoisotopic (exact) mass is 293 g/mol.